The van der Waals surface area contributed by atoms with Gasteiger partial charge in [-0.1, -0.05) is 89.9 Å². The summed E-state index contributed by atoms with van der Waals surface area (Å²) in [6, 6.07) is 21.7. The third-order valence-electron chi connectivity index (χ3n) is 6.71. The fourth-order valence-electron chi connectivity index (χ4n) is 4.67. The van der Waals surface area contributed by atoms with Crippen molar-refractivity contribution < 1.29 is 18.0 Å². The maximum absolute atomic E-state index is 14.2. The lowest BCUT2D eigenvalue weighted by molar-refractivity contribution is -0.140. The molecule has 0 radical (unpaired) electrons. The van der Waals surface area contributed by atoms with Crippen molar-refractivity contribution in [1.82, 2.24) is 10.2 Å². The van der Waals surface area contributed by atoms with E-state index in [-0.39, 0.29) is 12.5 Å². The van der Waals surface area contributed by atoms with E-state index in [1.807, 2.05) is 93.6 Å². The number of benzene rings is 3. The molecule has 3 rings (SSSR count). The largest absolute Gasteiger partial charge is 0.354 e. The normalized spacial score (nSPS) is 12.0. The van der Waals surface area contributed by atoms with Crippen LogP contribution in [0.4, 0.5) is 5.69 Å². The molecule has 0 spiro atoms. The highest BCUT2D eigenvalue weighted by molar-refractivity contribution is 9.10. The molecule has 0 heterocycles. The van der Waals surface area contributed by atoms with Crippen LogP contribution in [0.15, 0.2) is 77.3 Å². The van der Waals surface area contributed by atoms with Crippen molar-refractivity contribution in [3.05, 3.63) is 99.5 Å². The van der Waals surface area contributed by atoms with Crippen LogP contribution < -0.4 is 9.62 Å². The molecule has 7 nitrogen and oxygen atoms in total. The second-order valence-corrected chi connectivity index (χ2v) is 12.8. The molecule has 1 atom stereocenters. The number of unbranched alkanes of at least 4 members (excludes halogenated alkanes) is 1. The summed E-state index contributed by atoms with van der Waals surface area (Å²) in [7, 11) is -3.82. The molecule has 0 bridgehead atoms. The van der Waals surface area contributed by atoms with E-state index in [4.69, 9.17) is 0 Å². The SMILES string of the molecule is CCCCNC(=O)[C@H](Cc1ccccc1)N(Cc1cccc(Br)c1)C(=O)CN(c1c(C)cccc1C)S(C)(=O)=O. The summed E-state index contributed by atoms with van der Waals surface area (Å²) in [5.41, 5.74) is 3.69. The van der Waals surface area contributed by atoms with Crippen molar-refractivity contribution in [3.63, 3.8) is 0 Å². The Bertz CT molecular complexity index is 1390. The first-order valence-corrected chi connectivity index (χ1v) is 16.0. The van der Waals surface area contributed by atoms with Gasteiger partial charge in [0, 0.05) is 24.0 Å². The van der Waals surface area contributed by atoms with Crippen LogP contribution in [0.25, 0.3) is 0 Å². The van der Waals surface area contributed by atoms with Crippen LogP contribution in [0.5, 0.6) is 0 Å². The lowest BCUT2D eigenvalue weighted by Crippen LogP contribution is -2.53. The number of amides is 2. The molecule has 40 heavy (non-hydrogen) atoms. The summed E-state index contributed by atoms with van der Waals surface area (Å²) in [5, 5.41) is 3.00. The molecule has 1 N–H and O–H groups in total. The molecule has 9 heteroatoms. The molecule has 2 amide bonds. The smallest absolute Gasteiger partial charge is 0.244 e. The summed E-state index contributed by atoms with van der Waals surface area (Å²) >= 11 is 3.49. The minimum Gasteiger partial charge on any atom is -0.354 e. The quantitative estimate of drug-likeness (QED) is 0.258. The van der Waals surface area contributed by atoms with Gasteiger partial charge in [-0.15, -0.1) is 0 Å². The molecule has 0 aliphatic heterocycles. The molecule has 0 fully saturated rings. The van der Waals surface area contributed by atoms with Gasteiger partial charge in [-0.2, -0.15) is 0 Å². The molecule has 214 valence electrons. The number of hydrogen-bond donors (Lipinski definition) is 1. The summed E-state index contributed by atoms with van der Waals surface area (Å²) < 4.78 is 28.1. The maximum Gasteiger partial charge on any atom is 0.244 e. The van der Waals surface area contributed by atoms with Crippen LogP contribution in [0, 0.1) is 13.8 Å². The zero-order chi connectivity index (χ0) is 29.3. The second-order valence-electron chi connectivity index (χ2n) is 10.0. The van der Waals surface area contributed by atoms with Gasteiger partial charge in [0.05, 0.1) is 11.9 Å². The lowest BCUT2D eigenvalue weighted by atomic mass is 10.0. The van der Waals surface area contributed by atoms with Gasteiger partial charge in [-0.05, 0) is 54.7 Å². The standard InChI is InChI=1S/C31H38BrN3O4S/c1-5-6-18-33-31(37)28(20-25-14-8-7-9-15-25)34(21-26-16-11-17-27(32)19-26)29(36)22-35(40(4,38)39)30-23(2)12-10-13-24(30)3/h7-17,19,28H,5-6,18,20-22H2,1-4H3,(H,33,37)/t28-/m0/s1. The van der Waals surface area contributed by atoms with Gasteiger partial charge in [0.25, 0.3) is 0 Å². The van der Waals surface area contributed by atoms with E-state index in [9.17, 15) is 18.0 Å². The number of hydrogen-bond acceptors (Lipinski definition) is 4. The fourth-order valence-corrected chi connectivity index (χ4v) is 6.08. The van der Waals surface area contributed by atoms with Crippen molar-refractivity contribution in [1.29, 1.82) is 0 Å². The monoisotopic (exact) mass is 627 g/mol. The predicted octanol–water partition coefficient (Wildman–Crippen LogP) is 5.39. The van der Waals surface area contributed by atoms with Gasteiger partial charge in [0.15, 0.2) is 0 Å². The summed E-state index contributed by atoms with van der Waals surface area (Å²) in [5.74, 6) is -0.724. The maximum atomic E-state index is 14.2. The third-order valence-corrected chi connectivity index (χ3v) is 8.32. The minimum atomic E-state index is -3.82. The van der Waals surface area contributed by atoms with Crippen molar-refractivity contribution in [2.75, 3.05) is 23.7 Å². The molecule has 3 aromatic carbocycles. The summed E-state index contributed by atoms with van der Waals surface area (Å²) in [6.07, 6.45) is 3.13. The highest BCUT2D eigenvalue weighted by Crippen LogP contribution is 2.27. The lowest BCUT2D eigenvalue weighted by Gasteiger charge is -2.34. The molecule has 0 aliphatic carbocycles. The Balaban J connectivity index is 2.07. The fraction of sp³-hybridized carbons (Fsp3) is 0.355. The minimum absolute atomic E-state index is 0.140. The van der Waals surface area contributed by atoms with E-state index in [1.165, 1.54) is 4.90 Å². The van der Waals surface area contributed by atoms with E-state index in [0.29, 0.717) is 18.7 Å². The first-order chi connectivity index (χ1) is 19.0. The van der Waals surface area contributed by atoms with Crippen molar-refractivity contribution in [2.24, 2.45) is 0 Å². The van der Waals surface area contributed by atoms with Gasteiger partial charge in [0.2, 0.25) is 21.8 Å². The Morgan fingerprint density at radius 2 is 1.55 bits per heavy atom. The number of rotatable bonds is 13. The Kier molecular flexibility index (Phi) is 11.3. The molecular weight excluding hydrogens is 590 g/mol. The molecule has 3 aromatic rings. The van der Waals surface area contributed by atoms with Gasteiger partial charge >= 0.3 is 0 Å². The molecule has 0 saturated heterocycles. The number of anilines is 1. The van der Waals surface area contributed by atoms with E-state index in [1.54, 1.807) is 0 Å². The number of nitrogens with one attached hydrogen (secondary N) is 1. The third kappa shape index (κ3) is 8.66. The van der Waals surface area contributed by atoms with Crippen LogP contribution in [-0.2, 0) is 32.6 Å². The number of aryl methyl sites for hydroxylation is 2. The van der Waals surface area contributed by atoms with Crippen molar-refractivity contribution in [3.8, 4) is 0 Å². The molecule has 0 aliphatic rings. The first kappa shape index (κ1) is 31.4. The van der Waals surface area contributed by atoms with Gasteiger partial charge < -0.3 is 10.2 Å². The average molecular weight is 629 g/mol. The highest BCUT2D eigenvalue weighted by atomic mass is 79.9. The van der Waals surface area contributed by atoms with Crippen LogP contribution in [-0.4, -0.2) is 50.5 Å². The van der Waals surface area contributed by atoms with Gasteiger partial charge in [0.1, 0.15) is 12.6 Å². The molecule has 0 aromatic heterocycles. The molecule has 0 saturated carbocycles. The summed E-state index contributed by atoms with van der Waals surface area (Å²) in [6.45, 7) is 5.90. The molecule has 0 unspecified atom stereocenters. The number of sulfonamides is 1. The number of halogens is 1. The van der Waals surface area contributed by atoms with Gasteiger partial charge in [-0.3, -0.25) is 13.9 Å². The topological polar surface area (TPSA) is 86.8 Å². The zero-order valence-electron chi connectivity index (χ0n) is 23.6. The van der Waals surface area contributed by atoms with E-state index in [2.05, 4.69) is 21.2 Å². The Labute approximate surface area is 246 Å². The summed E-state index contributed by atoms with van der Waals surface area (Å²) in [4.78, 5) is 29.3. The van der Waals surface area contributed by atoms with Crippen LogP contribution >= 0.6 is 15.9 Å². The zero-order valence-corrected chi connectivity index (χ0v) is 26.0. The van der Waals surface area contributed by atoms with Crippen LogP contribution in [0.2, 0.25) is 0 Å². The number of carbonyl (C=O) groups excluding carboxylic acids is 2. The second kappa shape index (κ2) is 14.5. The van der Waals surface area contributed by atoms with Crippen LogP contribution in [0.1, 0.15) is 42.0 Å². The predicted molar refractivity (Wildman–Crippen MR) is 165 cm³/mol. The van der Waals surface area contributed by atoms with Crippen molar-refractivity contribution in [2.45, 2.75) is 52.6 Å². The van der Waals surface area contributed by atoms with E-state index >= 15 is 0 Å². The van der Waals surface area contributed by atoms with Gasteiger partial charge in [-0.25, -0.2) is 8.42 Å². The number of carbonyl (C=O) groups is 2. The van der Waals surface area contributed by atoms with Crippen LogP contribution in [0.3, 0.4) is 0 Å². The Morgan fingerprint density at radius 1 is 0.925 bits per heavy atom. The Hall–Kier alpha value is -3.17. The Morgan fingerprint density at radius 3 is 2.15 bits per heavy atom. The first-order valence-electron chi connectivity index (χ1n) is 13.4. The number of para-hydroxylation sites is 1. The molecular formula is C31H38BrN3O4S. The average Bonchev–Trinajstić information content (AvgIpc) is 2.90. The van der Waals surface area contributed by atoms with E-state index in [0.717, 1.165) is 50.1 Å². The number of nitrogens with zero attached hydrogens (tertiary/aromatic N) is 2. The highest BCUT2D eigenvalue weighted by Gasteiger charge is 2.33. The van der Waals surface area contributed by atoms with E-state index < -0.39 is 28.5 Å². The van der Waals surface area contributed by atoms with Crippen molar-refractivity contribution >= 4 is 43.5 Å².